The lowest BCUT2D eigenvalue weighted by Crippen LogP contribution is -2.65. The van der Waals surface area contributed by atoms with Crippen molar-refractivity contribution in [3.8, 4) is 5.75 Å². The maximum atomic E-state index is 14.9. The van der Waals surface area contributed by atoms with Gasteiger partial charge >= 0.3 is 12.1 Å². The number of ketones is 2. The molecule has 4 saturated heterocycles. The van der Waals surface area contributed by atoms with Gasteiger partial charge in [-0.1, -0.05) is 27.7 Å². The number of carbonyl (C=O) groups is 4. The van der Waals surface area contributed by atoms with Gasteiger partial charge in [0.05, 0.1) is 47.1 Å². The monoisotopic (exact) mass is 839 g/mol. The van der Waals surface area contributed by atoms with E-state index in [1.807, 2.05) is 51.9 Å². The lowest BCUT2D eigenvalue weighted by Gasteiger charge is -2.48. The number of aromatic nitrogens is 2. The van der Waals surface area contributed by atoms with Crippen molar-refractivity contribution in [3.05, 3.63) is 29.6 Å². The number of carbonyl (C=O) groups excluding carboxylic acids is 4. The first-order valence-corrected chi connectivity index (χ1v) is 21.3. The van der Waals surface area contributed by atoms with Gasteiger partial charge in [-0.2, -0.15) is 0 Å². The zero-order valence-corrected chi connectivity index (χ0v) is 37.2. The van der Waals surface area contributed by atoms with E-state index in [0.29, 0.717) is 42.7 Å². The topological polar surface area (TPSA) is 190 Å². The quantitative estimate of drug-likeness (QED) is 0.286. The minimum Gasteiger partial charge on any atom is -0.506 e. The number of hydrogen-bond acceptors (Lipinski definition) is 15. The van der Waals surface area contributed by atoms with Gasteiger partial charge in [0.2, 0.25) is 0 Å². The van der Waals surface area contributed by atoms with Crippen LogP contribution in [0.3, 0.4) is 0 Å². The summed E-state index contributed by atoms with van der Waals surface area (Å²) in [6, 6.07) is 2.21. The minimum atomic E-state index is -1.46. The molecule has 4 aliphatic heterocycles. The molecule has 0 saturated carbocycles. The normalized spacial score (nSPS) is 37.8. The van der Waals surface area contributed by atoms with Crippen LogP contribution in [0.5, 0.6) is 5.75 Å². The van der Waals surface area contributed by atoms with Gasteiger partial charge < -0.3 is 38.8 Å². The Hall–Kier alpha value is -3.80. The molecule has 1 amide bonds. The highest BCUT2D eigenvalue weighted by Crippen LogP contribution is 2.45. The van der Waals surface area contributed by atoms with E-state index in [2.05, 4.69) is 14.9 Å². The third kappa shape index (κ3) is 8.39. The van der Waals surface area contributed by atoms with E-state index in [4.69, 9.17) is 23.7 Å². The third-order valence-electron chi connectivity index (χ3n) is 13.7. The number of pyridine rings is 2. The van der Waals surface area contributed by atoms with Gasteiger partial charge in [-0.25, -0.2) is 4.79 Å². The number of ether oxygens (including phenoxy) is 5. The van der Waals surface area contributed by atoms with E-state index < -0.39 is 83.4 Å². The second-order valence-corrected chi connectivity index (χ2v) is 18.4. The number of amides is 1. The number of nitrogens with zero attached hydrogens (tertiary/aromatic N) is 5. The summed E-state index contributed by atoms with van der Waals surface area (Å²) >= 11 is 0. The number of aryl methyl sites for hydroxylation is 1. The van der Waals surface area contributed by atoms with E-state index >= 15 is 0 Å². The second kappa shape index (κ2) is 17.5. The molecule has 6 heterocycles. The Morgan fingerprint density at radius 2 is 1.70 bits per heavy atom. The summed E-state index contributed by atoms with van der Waals surface area (Å²) in [6.07, 6.45) is -2.85. The largest absolute Gasteiger partial charge is 0.506 e. The molecule has 16 heteroatoms. The minimum absolute atomic E-state index is 0.0246. The van der Waals surface area contributed by atoms with Crippen molar-refractivity contribution in [3.63, 3.8) is 0 Å². The molecule has 2 aromatic heterocycles. The van der Waals surface area contributed by atoms with Crippen LogP contribution in [0.1, 0.15) is 85.9 Å². The van der Waals surface area contributed by atoms with Gasteiger partial charge in [-0.05, 0) is 80.1 Å². The SMILES string of the molecule is CC[C@H]1OC(=O)[C@H](C)C(=O)[C@H](C)[C@@H](O[C@@H]2O[C@H](C)C[C@H](N(C)C)[C@H]2O)[C@](C)(OC)C[C@@H](C)C(=O)[C@H](C)[C@H]2N(C3CN(Cc4c(O)cnc5ccc(C)nc45)C3)C(=O)O[C@]12C. The number of cyclic esters (lactones) is 1. The maximum absolute atomic E-state index is 14.9. The summed E-state index contributed by atoms with van der Waals surface area (Å²) in [5, 5.41) is 22.3. The Balaban J connectivity index is 1.33. The standard InChI is InChI=1S/C44H65N5O11/c1-13-33-44(9)38(49(42(55)60-44)28-19-48(20-28)21-29-32(50)18-45-30-15-14-23(3)46-34(29)30)25(5)35(51)22(2)17-43(8,56-12)39(26(6)36(52)27(7)40(54)58-33)59-41-37(53)31(47(10)11)16-24(4)57-41/h14-15,18,22,24-28,31,33,37-39,41,50,53H,13,16-17,19-21H2,1-12H3/t22-,24-,25+,26+,27-,31+,33-,37-,38-,39-,41+,43-,44-/m1/s1. The van der Waals surface area contributed by atoms with Crippen molar-refractivity contribution in [2.45, 2.75) is 148 Å². The lowest BCUT2D eigenvalue weighted by atomic mass is 9.73. The summed E-state index contributed by atoms with van der Waals surface area (Å²) in [6.45, 7) is 16.9. The summed E-state index contributed by atoms with van der Waals surface area (Å²) < 4.78 is 31.4. The number of Topliss-reactive ketones (excluding diaryl/α,β-unsaturated/α-hetero) is 2. The van der Waals surface area contributed by atoms with Crippen molar-refractivity contribution in [2.24, 2.45) is 23.7 Å². The molecule has 0 spiro atoms. The Morgan fingerprint density at radius 1 is 1.02 bits per heavy atom. The molecule has 6 rings (SSSR count). The maximum Gasteiger partial charge on any atom is 0.411 e. The van der Waals surface area contributed by atoms with E-state index in [0.717, 1.165) is 5.69 Å². The Bertz CT molecular complexity index is 1940. The van der Waals surface area contributed by atoms with E-state index in [9.17, 15) is 29.4 Å². The molecule has 0 unspecified atom stereocenters. The molecule has 2 N–H and O–H groups in total. The van der Waals surface area contributed by atoms with Crippen LogP contribution in [0.4, 0.5) is 4.79 Å². The van der Waals surface area contributed by atoms with Gasteiger partial charge in [0.25, 0.3) is 0 Å². The number of esters is 1. The summed E-state index contributed by atoms with van der Waals surface area (Å²) in [5.41, 5.74) is -0.0760. The van der Waals surface area contributed by atoms with Crippen LogP contribution in [-0.4, -0.2) is 153 Å². The van der Waals surface area contributed by atoms with E-state index in [1.54, 1.807) is 39.5 Å². The highest BCUT2D eigenvalue weighted by molar-refractivity contribution is 6.00. The zero-order valence-electron chi connectivity index (χ0n) is 37.2. The molecule has 0 aromatic carbocycles. The first kappa shape index (κ1) is 45.7. The lowest BCUT2D eigenvalue weighted by molar-refractivity contribution is -0.295. The number of likely N-dealkylation sites (tertiary alicyclic amines) is 1. The van der Waals surface area contributed by atoms with Crippen molar-refractivity contribution < 1.29 is 53.1 Å². The molecule has 0 radical (unpaired) electrons. The second-order valence-electron chi connectivity index (χ2n) is 18.4. The number of hydrogen-bond donors (Lipinski definition) is 2. The Morgan fingerprint density at radius 3 is 2.33 bits per heavy atom. The van der Waals surface area contributed by atoms with E-state index in [1.165, 1.54) is 20.2 Å². The molecule has 16 nitrogen and oxygen atoms in total. The van der Waals surface area contributed by atoms with E-state index in [-0.39, 0.29) is 42.6 Å². The van der Waals surface area contributed by atoms with Crippen molar-refractivity contribution in [1.29, 1.82) is 0 Å². The average molecular weight is 840 g/mol. The number of likely N-dealkylation sites (N-methyl/N-ethyl adjacent to an activating group) is 1. The highest BCUT2D eigenvalue weighted by atomic mass is 16.7. The van der Waals surface area contributed by atoms with Crippen molar-refractivity contribution in [1.82, 2.24) is 24.7 Å². The summed E-state index contributed by atoms with van der Waals surface area (Å²) in [4.78, 5) is 72.0. The number of aromatic hydroxyl groups is 1. The van der Waals surface area contributed by atoms with Crippen LogP contribution < -0.4 is 0 Å². The third-order valence-corrected chi connectivity index (χ3v) is 13.7. The van der Waals surface area contributed by atoms with Crippen molar-refractivity contribution in [2.75, 3.05) is 34.3 Å². The van der Waals surface area contributed by atoms with Crippen LogP contribution >= 0.6 is 0 Å². The molecule has 0 bridgehead atoms. The fraction of sp³-hybridized carbons (Fsp3) is 0.727. The fourth-order valence-corrected chi connectivity index (χ4v) is 10.2. The molecular weight excluding hydrogens is 775 g/mol. The van der Waals surface area contributed by atoms with Gasteiger partial charge in [-0.15, -0.1) is 0 Å². The average Bonchev–Trinajstić information content (AvgIpc) is 3.45. The summed E-state index contributed by atoms with van der Waals surface area (Å²) in [7, 11) is 5.22. The van der Waals surface area contributed by atoms with Gasteiger partial charge in [0.15, 0.2) is 17.7 Å². The fourth-order valence-electron chi connectivity index (χ4n) is 10.2. The van der Waals surface area contributed by atoms with Crippen LogP contribution in [0, 0.1) is 30.6 Å². The number of rotatable bonds is 8. The Labute approximate surface area is 353 Å². The molecule has 60 heavy (non-hydrogen) atoms. The van der Waals surface area contributed by atoms with Gasteiger partial charge in [0, 0.05) is 61.8 Å². The number of aliphatic hydroxyl groups excluding tert-OH is 1. The molecule has 332 valence electrons. The van der Waals surface area contributed by atoms with Gasteiger partial charge in [-0.3, -0.25) is 34.2 Å². The predicted octanol–water partition coefficient (Wildman–Crippen LogP) is 4.03. The number of fused-ring (bicyclic) bond motifs is 2. The molecular formula is C44H65N5O11. The molecule has 0 aliphatic carbocycles. The molecule has 2 aromatic rings. The van der Waals surface area contributed by atoms with Crippen LogP contribution in [0.15, 0.2) is 18.3 Å². The molecule has 4 aliphatic rings. The molecule has 13 atom stereocenters. The van der Waals surface area contributed by atoms with Crippen LogP contribution in [0.25, 0.3) is 11.0 Å². The first-order valence-electron chi connectivity index (χ1n) is 21.3. The Kier molecular flexibility index (Phi) is 13.4. The smallest absolute Gasteiger partial charge is 0.411 e. The number of aliphatic hydroxyl groups is 1. The molecule has 4 fully saturated rings. The van der Waals surface area contributed by atoms with Crippen LogP contribution in [-0.2, 0) is 44.6 Å². The summed E-state index contributed by atoms with van der Waals surface area (Å²) in [5.74, 6) is -5.12. The predicted molar refractivity (Wildman–Crippen MR) is 220 cm³/mol. The number of methoxy groups -OCH3 is 1. The van der Waals surface area contributed by atoms with Crippen molar-refractivity contribution >= 4 is 34.7 Å². The van der Waals surface area contributed by atoms with Gasteiger partial charge in [0.1, 0.15) is 29.7 Å². The highest BCUT2D eigenvalue weighted by Gasteiger charge is 2.62. The first-order chi connectivity index (χ1) is 28.1. The zero-order chi connectivity index (χ0) is 44.2. The van der Waals surface area contributed by atoms with Crippen LogP contribution in [0.2, 0.25) is 0 Å².